The number of carbonyl (C=O) groups is 1. The predicted octanol–water partition coefficient (Wildman–Crippen LogP) is 2.59. The molecule has 0 bridgehead atoms. The lowest BCUT2D eigenvalue weighted by atomic mass is 9.84. The molecule has 1 rings (SSSR count). The molecule has 110 valence electrons. The molecule has 2 N–H and O–H groups in total. The average molecular weight is 269 g/mol. The molecule has 0 saturated carbocycles. The van der Waals surface area contributed by atoms with E-state index in [1.807, 2.05) is 13.0 Å². The van der Waals surface area contributed by atoms with Gasteiger partial charge in [0, 0.05) is 13.2 Å². The number of aliphatic carboxylic acids is 1. The Labute approximate surface area is 116 Å². The molecule has 0 aromatic heterocycles. The lowest BCUT2D eigenvalue weighted by molar-refractivity contribution is -0.139. The van der Waals surface area contributed by atoms with Crippen LogP contribution in [-0.2, 0) is 9.53 Å². The molecule has 0 spiro atoms. The van der Waals surface area contributed by atoms with Crippen LogP contribution in [-0.4, -0.2) is 35.9 Å². The quantitative estimate of drug-likeness (QED) is 0.697. The van der Waals surface area contributed by atoms with Crippen molar-refractivity contribution in [3.05, 3.63) is 12.2 Å². The summed E-state index contributed by atoms with van der Waals surface area (Å²) in [6.45, 7) is 6.23. The molecule has 1 aliphatic heterocycles. The largest absolute Gasteiger partial charge is 0.480 e. The molecule has 0 radical (unpaired) electrons. The topological polar surface area (TPSA) is 58.6 Å². The third-order valence-electron chi connectivity index (χ3n) is 4.49. The Kier molecular flexibility index (Phi) is 6.01. The van der Waals surface area contributed by atoms with Gasteiger partial charge in [0.1, 0.15) is 6.04 Å². The second-order valence-electron chi connectivity index (χ2n) is 5.39. The van der Waals surface area contributed by atoms with Gasteiger partial charge in [-0.05, 0) is 38.5 Å². The van der Waals surface area contributed by atoms with Crippen molar-refractivity contribution in [2.24, 2.45) is 5.92 Å². The van der Waals surface area contributed by atoms with Crippen molar-refractivity contribution in [2.45, 2.75) is 64.1 Å². The van der Waals surface area contributed by atoms with Crippen molar-refractivity contribution in [1.29, 1.82) is 0 Å². The third-order valence-corrected chi connectivity index (χ3v) is 4.49. The predicted molar refractivity (Wildman–Crippen MR) is 76.2 cm³/mol. The Morgan fingerprint density at radius 3 is 2.53 bits per heavy atom. The number of ether oxygens (including phenoxy) is 1. The van der Waals surface area contributed by atoms with Crippen LogP contribution in [0.15, 0.2) is 12.2 Å². The summed E-state index contributed by atoms with van der Waals surface area (Å²) in [7, 11) is 1.75. The maximum absolute atomic E-state index is 11.2. The number of carboxylic acid groups (broad SMARTS) is 1. The van der Waals surface area contributed by atoms with Gasteiger partial charge in [-0.1, -0.05) is 26.0 Å². The molecular formula is C15H27NO3. The van der Waals surface area contributed by atoms with E-state index in [0.717, 1.165) is 19.3 Å². The van der Waals surface area contributed by atoms with Crippen molar-refractivity contribution in [1.82, 2.24) is 5.32 Å². The van der Waals surface area contributed by atoms with Crippen LogP contribution < -0.4 is 5.32 Å². The van der Waals surface area contributed by atoms with Crippen LogP contribution in [0.1, 0.15) is 46.5 Å². The number of hydrogen-bond donors (Lipinski definition) is 2. The second-order valence-corrected chi connectivity index (χ2v) is 5.39. The monoisotopic (exact) mass is 269 g/mol. The fraction of sp³-hybridized carbons (Fsp3) is 0.800. The van der Waals surface area contributed by atoms with Crippen LogP contribution in [0.3, 0.4) is 0 Å². The number of rotatable bonds is 7. The molecule has 0 amide bonds. The molecule has 0 aromatic carbocycles. The second kappa shape index (κ2) is 7.06. The van der Waals surface area contributed by atoms with Gasteiger partial charge in [0.2, 0.25) is 0 Å². The van der Waals surface area contributed by atoms with Crippen LogP contribution in [0.4, 0.5) is 0 Å². The van der Waals surface area contributed by atoms with E-state index in [2.05, 4.69) is 25.2 Å². The van der Waals surface area contributed by atoms with Crippen LogP contribution >= 0.6 is 0 Å². The number of allylic oxidation sites excluding steroid dienone is 1. The minimum atomic E-state index is -0.756. The molecule has 3 atom stereocenters. The Balaban J connectivity index is 2.81. The first kappa shape index (κ1) is 16.2. The number of hydrogen-bond acceptors (Lipinski definition) is 3. The Hall–Kier alpha value is -0.870. The van der Waals surface area contributed by atoms with Crippen LogP contribution in [0.25, 0.3) is 0 Å². The highest BCUT2D eigenvalue weighted by atomic mass is 16.5. The van der Waals surface area contributed by atoms with E-state index in [1.54, 1.807) is 7.11 Å². The van der Waals surface area contributed by atoms with Crippen molar-refractivity contribution in [3.63, 3.8) is 0 Å². The van der Waals surface area contributed by atoms with Gasteiger partial charge in [0.15, 0.2) is 0 Å². The summed E-state index contributed by atoms with van der Waals surface area (Å²) in [5.74, 6) is -0.480. The van der Waals surface area contributed by atoms with Crippen molar-refractivity contribution >= 4 is 5.97 Å². The molecule has 0 unspecified atom stereocenters. The van der Waals surface area contributed by atoms with Crippen molar-refractivity contribution in [3.8, 4) is 0 Å². The molecule has 19 heavy (non-hydrogen) atoms. The lowest BCUT2D eigenvalue weighted by Crippen LogP contribution is -2.43. The summed E-state index contributed by atoms with van der Waals surface area (Å²) in [4.78, 5) is 11.2. The van der Waals surface area contributed by atoms with Crippen molar-refractivity contribution < 1.29 is 14.6 Å². The van der Waals surface area contributed by atoms with Crippen LogP contribution in [0, 0.1) is 5.92 Å². The van der Waals surface area contributed by atoms with E-state index in [0.29, 0.717) is 6.42 Å². The molecule has 4 heteroatoms. The molecule has 4 nitrogen and oxygen atoms in total. The van der Waals surface area contributed by atoms with Crippen LogP contribution in [0.5, 0.6) is 0 Å². The standard InChI is InChI=1S/C15H27NO3/c1-5-8-11-9-12(14(17)18)16-13(11)10-15(6-2,7-3)19-4/h5,8,11-13,16H,6-7,9-10H2,1-4H3,(H,17,18)/b8-5-/t11-,12-,13+/m1/s1. The highest BCUT2D eigenvalue weighted by Crippen LogP contribution is 2.33. The normalized spacial score (nSPS) is 28.1. The SMILES string of the molecule is C/C=C\[C@@H]1C[C@H](C(=O)O)N[C@H]1CC(CC)(CC)OC. The van der Waals surface area contributed by atoms with E-state index < -0.39 is 12.0 Å². The van der Waals surface area contributed by atoms with Gasteiger partial charge in [-0.2, -0.15) is 0 Å². The first-order valence-electron chi connectivity index (χ1n) is 7.18. The molecule has 0 aromatic rings. The summed E-state index contributed by atoms with van der Waals surface area (Å²) in [6.07, 6.45) is 7.53. The summed E-state index contributed by atoms with van der Waals surface area (Å²) >= 11 is 0. The summed E-state index contributed by atoms with van der Waals surface area (Å²) < 4.78 is 5.71. The average Bonchev–Trinajstić information content (AvgIpc) is 2.80. The maximum atomic E-state index is 11.2. The zero-order chi connectivity index (χ0) is 14.5. The first-order valence-corrected chi connectivity index (χ1v) is 7.18. The van der Waals surface area contributed by atoms with Crippen LogP contribution in [0.2, 0.25) is 0 Å². The van der Waals surface area contributed by atoms with E-state index in [1.165, 1.54) is 0 Å². The Morgan fingerprint density at radius 1 is 1.47 bits per heavy atom. The van der Waals surface area contributed by atoms with E-state index in [4.69, 9.17) is 9.84 Å². The highest BCUT2D eigenvalue weighted by molar-refractivity contribution is 5.74. The van der Waals surface area contributed by atoms with Gasteiger partial charge in [0.25, 0.3) is 0 Å². The molecule has 1 heterocycles. The van der Waals surface area contributed by atoms with E-state index in [-0.39, 0.29) is 17.6 Å². The zero-order valence-corrected chi connectivity index (χ0v) is 12.5. The molecule has 1 aliphatic rings. The van der Waals surface area contributed by atoms with Gasteiger partial charge in [-0.25, -0.2) is 0 Å². The Bertz CT molecular complexity index is 315. The highest BCUT2D eigenvalue weighted by Gasteiger charge is 2.40. The number of carboxylic acids is 1. The van der Waals surface area contributed by atoms with Gasteiger partial charge in [0.05, 0.1) is 5.60 Å². The fourth-order valence-electron chi connectivity index (χ4n) is 3.04. The summed E-state index contributed by atoms with van der Waals surface area (Å²) in [6, 6.07) is -0.258. The Morgan fingerprint density at radius 2 is 2.11 bits per heavy atom. The third kappa shape index (κ3) is 3.80. The number of nitrogens with one attached hydrogen (secondary N) is 1. The molecule has 1 saturated heterocycles. The van der Waals surface area contributed by atoms with Gasteiger partial charge >= 0.3 is 5.97 Å². The summed E-state index contributed by atoms with van der Waals surface area (Å²) in [5.41, 5.74) is -0.148. The van der Waals surface area contributed by atoms with Gasteiger partial charge in [-0.15, -0.1) is 0 Å². The molecular weight excluding hydrogens is 242 g/mol. The smallest absolute Gasteiger partial charge is 0.320 e. The van der Waals surface area contributed by atoms with Gasteiger partial charge in [-0.3, -0.25) is 4.79 Å². The van der Waals surface area contributed by atoms with E-state index >= 15 is 0 Å². The fourth-order valence-corrected chi connectivity index (χ4v) is 3.04. The zero-order valence-electron chi connectivity index (χ0n) is 12.5. The van der Waals surface area contributed by atoms with Crippen molar-refractivity contribution in [2.75, 3.05) is 7.11 Å². The summed E-state index contributed by atoms with van der Waals surface area (Å²) in [5, 5.41) is 12.4. The maximum Gasteiger partial charge on any atom is 0.320 e. The molecule has 0 aliphatic carbocycles. The van der Waals surface area contributed by atoms with E-state index in [9.17, 15) is 4.79 Å². The number of methoxy groups -OCH3 is 1. The lowest BCUT2D eigenvalue weighted by Gasteiger charge is -2.34. The molecule has 1 fully saturated rings. The minimum absolute atomic E-state index is 0.148. The minimum Gasteiger partial charge on any atom is -0.480 e. The van der Waals surface area contributed by atoms with Gasteiger partial charge < -0.3 is 15.2 Å². The first-order chi connectivity index (χ1) is 9.01.